The van der Waals surface area contributed by atoms with Crippen molar-refractivity contribution < 1.29 is 4.74 Å². The lowest BCUT2D eigenvalue weighted by atomic mass is 9.83. The molecule has 1 saturated carbocycles. The van der Waals surface area contributed by atoms with Gasteiger partial charge in [-0.05, 0) is 25.2 Å². The molecule has 0 aromatic heterocycles. The van der Waals surface area contributed by atoms with Crippen LogP contribution in [0.3, 0.4) is 0 Å². The average molecular weight is 167 g/mol. The van der Waals surface area contributed by atoms with Gasteiger partial charge in [-0.1, -0.05) is 13.3 Å². The predicted octanol–water partition coefficient (Wildman–Crippen LogP) is 2.38. The van der Waals surface area contributed by atoms with Crippen LogP contribution in [0.4, 0.5) is 0 Å². The third-order valence-corrected chi connectivity index (χ3v) is 3.11. The van der Waals surface area contributed by atoms with E-state index in [0.717, 1.165) is 11.8 Å². The Labute approximate surface area is 74.0 Å². The van der Waals surface area contributed by atoms with Gasteiger partial charge in [-0.3, -0.25) is 0 Å². The molecule has 2 unspecified atom stereocenters. The molecule has 3 atom stereocenters. The third-order valence-electron chi connectivity index (χ3n) is 3.11. The molecule has 0 aromatic carbocycles. The Balaban J connectivity index is 1.99. The largest absolute Gasteiger partial charge is 0.476 e. The summed E-state index contributed by atoms with van der Waals surface area (Å²) in [4.78, 5) is 4.50. The average Bonchev–Trinajstić information content (AvgIpc) is 2.43. The normalized spacial score (nSPS) is 40.2. The minimum atomic E-state index is 0.424. The molecule has 1 aliphatic heterocycles. The van der Waals surface area contributed by atoms with Crippen molar-refractivity contribution in [2.45, 2.75) is 51.7 Å². The molecule has 0 saturated heterocycles. The summed E-state index contributed by atoms with van der Waals surface area (Å²) in [6.45, 7) is 4.25. The first kappa shape index (κ1) is 8.09. The summed E-state index contributed by atoms with van der Waals surface area (Å²) in [5, 5.41) is 0. The van der Waals surface area contributed by atoms with Crippen LogP contribution in [0, 0.1) is 5.92 Å². The minimum absolute atomic E-state index is 0.424. The molecule has 2 heteroatoms. The summed E-state index contributed by atoms with van der Waals surface area (Å²) in [5.74, 6) is 1.80. The van der Waals surface area contributed by atoms with Gasteiger partial charge in [0.25, 0.3) is 0 Å². The molecule has 2 rings (SSSR count). The van der Waals surface area contributed by atoms with Crippen LogP contribution in [0.1, 0.15) is 39.5 Å². The van der Waals surface area contributed by atoms with Crippen LogP contribution in [0.25, 0.3) is 0 Å². The van der Waals surface area contributed by atoms with E-state index in [2.05, 4.69) is 11.9 Å². The summed E-state index contributed by atoms with van der Waals surface area (Å²) in [6.07, 6.45) is 5.52. The highest BCUT2D eigenvalue weighted by atomic mass is 16.5. The molecule has 0 aromatic rings. The third kappa shape index (κ3) is 1.35. The molecule has 0 radical (unpaired) electrons. The lowest BCUT2D eigenvalue weighted by Crippen LogP contribution is -2.30. The Kier molecular flexibility index (Phi) is 2.07. The molecular formula is C10H17NO. The van der Waals surface area contributed by atoms with Crippen LogP contribution in [0.5, 0.6) is 0 Å². The second kappa shape index (κ2) is 3.08. The summed E-state index contributed by atoms with van der Waals surface area (Å²) >= 11 is 0. The van der Waals surface area contributed by atoms with E-state index in [0.29, 0.717) is 12.1 Å². The molecule has 0 N–H and O–H groups in total. The maximum absolute atomic E-state index is 5.61. The first-order chi connectivity index (χ1) is 5.79. The number of nitrogens with zero attached hydrogens (tertiary/aromatic N) is 1. The maximum atomic E-state index is 5.61. The van der Waals surface area contributed by atoms with E-state index in [4.69, 9.17) is 4.74 Å². The Bertz CT molecular complexity index is 200. The number of rotatable bonds is 1. The van der Waals surface area contributed by atoms with Crippen LogP contribution in [-0.2, 0) is 4.74 Å². The second-order valence-electron chi connectivity index (χ2n) is 3.96. The first-order valence-corrected chi connectivity index (χ1v) is 5.00. The molecule has 0 bridgehead atoms. The van der Waals surface area contributed by atoms with Crippen molar-refractivity contribution >= 4 is 5.90 Å². The van der Waals surface area contributed by atoms with Gasteiger partial charge in [0, 0.05) is 6.92 Å². The van der Waals surface area contributed by atoms with Crippen molar-refractivity contribution in [3.63, 3.8) is 0 Å². The number of aliphatic imine (C=N–C) groups is 1. The van der Waals surface area contributed by atoms with Crippen LogP contribution >= 0.6 is 0 Å². The van der Waals surface area contributed by atoms with E-state index < -0.39 is 0 Å². The second-order valence-corrected chi connectivity index (χ2v) is 3.96. The molecule has 1 fully saturated rings. The topological polar surface area (TPSA) is 21.6 Å². The van der Waals surface area contributed by atoms with Gasteiger partial charge in [0.1, 0.15) is 6.10 Å². The summed E-state index contributed by atoms with van der Waals surface area (Å²) in [6, 6.07) is 0.490. The summed E-state index contributed by atoms with van der Waals surface area (Å²) in [5.41, 5.74) is 0. The van der Waals surface area contributed by atoms with Crippen LogP contribution in [0.15, 0.2) is 4.99 Å². The van der Waals surface area contributed by atoms with Crippen molar-refractivity contribution in [3.8, 4) is 0 Å². The Morgan fingerprint density at radius 2 is 2.33 bits per heavy atom. The highest BCUT2D eigenvalue weighted by Crippen LogP contribution is 2.33. The predicted molar refractivity (Wildman–Crippen MR) is 49.4 cm³/mol. The van der Waals surface area contributed by atoms with Gasteiger partial charge in [-0.25, -0.2) is 4.99 Å². The lowest BCUT2D eigenvalue weighted by molar-refractivity contribution is 0.125. The molecule has 68 valence electrons. The molecule has 1 heterocycles. The molecular weight excluding hydrogens is 150 g/mol. The van der Waals surface area contributed by atoms with Crippen LogP contribution < -0.4 is 0 Å². The van der Waals surface area contributed by atoms with Gasteiger partial charge in [0.15, 0.2) is 5.90 Å². The van der Waals surface area contributed by atoms with Gasteiger partial charge < -0.3 is 4.74 Å². The number of hydrogen-bond donors (Lipinski definition) is 0. The van der Waals surface area contributed by atoms with Crippen molar-refractivity contribution in [2.24, 2.45) is 10.9 Å². The fourth-order valence-corrected chi connectivity index (χ4v) is 2.33. The highest BCUT2D eigenvalue weighted by molar-refractivity contribution is 5.75. The van der Waals surface area contributed by atoms with Crippen molar-refractivity contribution in [1.29, 1.82) is 0 Å². The lowest BCUT2D eigenvalue weighted by Gasteiger charge is -2.28. The molecule has 12 heavy (non-hydrogen) atoms. The van der Waals surface area contributed by atoms with E-state index in [1.165, 1.54) is 25.7 Å². The number of fused-ring (bicyclic) bond motifs is 1. The number of ether oxygens (including phenoxy) is 1. The van der Waals surface area contributed by atoms with Crippen molar-refractivity contribution in [2.75, 3.05) is 0 Å². The van der Waals surface area contributed by atoms with E-state index in [-0.39, 0.29) is 0 Å². The Hall–Kier alpha value is -0.530. The van der Waals surface area contributed by atoms with Crippen LogP contribution in [-0.4, -0.2) is 18.0 Å². The number of hydrogen-bond acceptors (Lipinski definition) is 2. The zero-order valence-electron chi connectivity index (χ0n) is 7.92. The quantitative estimate of drug-likeness (QED) is 0.587. The van der Waals surface area contributed by atoms with Gasteiger partial charge in [-0.2, -0.15) is 0 Å². The SMILES string of the molecule is CCC1CCC2OC(C)=N[C@H]2C1. The van der Waals surface area contributed by atoms with E-state index >= 15 is 0 Å². The molecule has 0 spiro atoms. The van der Waals surface area contributed by atoms with Gasteiger partial charge in [0.2, 0.25) is 0 Å². The van der Waals surface area contributed by atoms with Gasteiger partial charge in [0.05, 0.1) is 6.04 Å². The zero-order valence-corrected chi connectivity index (χ0v) is 7.92. The monoisotopic (exact) mass is 167 g/mol. The summed E-state index contributed by atoms with van der Waals surface area (Å²) < 4.78 is 5.61. The van der Waals surface area contributed by atoms with E-state index in [1.54, 1.807) is 0 Å². The highest BCUT2D eigenvalue weighted by Gasteiger charge is 2.34. The molecule has 1 aliphatic carbocycles. The Morgan fingerprint density at radius 1 is 1.50 bits per heavy atom. The zero-order chi connectivity index (χ0) is 8.55. The first-order valence-electron chi connectivity index (χ1n) is 5.00. The fraction of sp³-hybridized carbons (Fsp3) is 0.900. The summed E-state index contributed by atoms with van der Waals surface area (Å²) in [7, 11) is 0. The van der Waals surface area contributed by atoms with Crippen molar-refractivity contribution in [3.05, 3.63) is 0 Å². The molecule has 2 aliphatic rings. The van der Waals surface area contributed by atoms with Crippen molar-refractivity contribution in [1.82, 2.24) is 0 Å². The minimum Gasteiger partial charge on any atom is -0.476 e. The molecule has 2 nitrogen and oxygen atoms in total. The Morgan fingerprint density at radius 3 is 3.08 bits per heavy atom. The smallest absolute Gasteiger partial charge is 0.180 e. The standard InChI is InChI=1S/C10H17NO/c1-3-8-4-5-10-9(6-8)11-7(2)12-10/h8-10H,3-6H2,1-2H3/t8?,9-,10?/m0/s1. The maximum Gasteiger partial charge on any atom is 0.180 e. The van der Waals surface area contributed by atoms with E-state index in [1.807, 2.05) is 6.92 Å². The molecule has 0 amide bonds. The van der Waals surface area contributed by atoms with Gasteiger partial charge in [-0.15, -0.1) is 0 Å². The van der Waals surface area contributed by atoms with E-state index in [9.17, 15) is 0 Å². The van der Waals surface area contributed by atoms with Crippen LogP contribution in [0.2, 0.25) is 0 Å². The fourth-order valence-electron chi connectivity index (χ4n) is 2.33. The van der Waals surface area contributed by atoms with Gasteiger partial charge >= 0.3 is 0 Å².